The molecule has 6 heteroatoms. The van der Waals surface area contributed by atoms with Gasteiger partial charge >= 0.3 is 6.03 Å². The topological polar surface area (TPSA) is 66.0 Å². The Morgan fingerprint density at radius 3 is 3.00 bits per heavy atom. The van der Waals surface area contributed by atoms with Gasteiger partial charge in [0, 0.05) is 28.6 Å². The summed E-state index contributed by atoms with van der Waals surface area (Å²) in [6.07, 6.45) is 1.72. The Hall–Kier alpha value is -1.66. The number of fused-ring (bicyclic) bond motifs is 1. The minimum atomic E-state index is -0.190. The fourth-order valence-electron chi connectivity index (χ4n) is 2.57. The summed E-state index contributed by atoms with van der Waals surface area (Å²) in [6, 6.07) is 7.60. The second-order valence-corrected chi connectivity index (χ2v) is 6.19. The zero-order valence-corrected chi connectivity index (χ0v) is 13.3. The quantitative estimate of drug-likeness (QED) is 0.781. The number of rotatable bonds is 2. The number of nitrogens with one attached hydrogen (secondary N) is 3. The fraction of sp³-hybridized carbons (Fsp3) is 0.333. The summed E-state index contributed by atoms with van der Waals surface area (Å²) < 4.78 is 0.963. The molecule has 0 aliphatic carbocycles. The maximum atomic E-state index is 12.2. The Bertz CT molecular complexity index is 676. The van der Waals surface area contributed by atoms with Crippen molar-refractivity contribution in [3.8, 4) is 0 Å². The van der Waals surface area contributed by atoms with Gasteiger partial charge in [0.2, 0.25) is 0 Å². The maximum absolute atomic E-state index is 12.2. The van der Waals surface area contributed by atoms with Crippen LogP contribution in [0.3, 0.4) is 0 Å². The number of halogens is 1. The molecule has 2 heterocycles. The van der Waals surface area contributed by atoms with E-state index in [1.807, 2.05) is 24.3 Å². The van der Waals surface area contributed by atoms with Gasteiger partial charge in [0.15, 0.2) is 0 Å². The van der Waals surface area contributed by atoms with E-state index < -0.39 is 0 Å². The van der Waals surface area contributed by atoms with Gasteiger partial charge in [-0.2, -0.15) is 0 Å². The number of para-hydroxylation sites is 1. The molecule has 0 bridgehead atoms. The van der Waals surface area contributed by atoms with Crippen LogP contribution in [0.5, 0.6) is 0 Å². The SMILES string of the molecule is C[C@@H]1CNC[C@H]1NC(=O)Nc1cccc2c(Br)ccnc12. The van der Waals surface area contributed by atoms with Crippen molar-refractivity contribution in [1.29, 1.82) is 0 Å². The Morgan fingerprint density at radius 2 is 2.24 bits per heavy atom. The van der Waals surface area contributed by atoms with Crippen molar-refractivity contribution in [2.45, 2.75) is 13.0 Å². The molecule has 1 fully saturated rings. The van der Waals surface area contributed by atoms with E-state index in [-0.39, 0.29) is 12.1 Å². The first kappa shape index (κ1) is 14.3. The monoisotopic (exact) mass is 348 g/mol. The van der Waals surface area contributed by atoms with E-state index in [1.165, 1.54) is 0 Å². The highest BCUT2D eigenvalue weighted by atomic mass is 79.9. The lowest BCUT2D eigenvalue weighted by Gasteiger charge is -2.17. The van der Waals surface area contributed by atoms with Crippen LogP contribution in [0, 0.1) is 5.92 Å². The Morgan fingerprint density at radius 1 is 1.38 bits per heavy atom. The first-order chi connectivity index (χ1) is 10.1. The zero-order valence-electron chi connectivity index (χ0n) is 11.7. The molecule has 2 atom stereocenters. The molecule has 21 heavy (non-hydrogen) atoms. The lowest BCUT2D eigenvalue weighted by Crippen LogP contribution is -2.42. The van der Waals surface area contributed by atoms with Crippen molar-refractivity contribution in [1.82, 2.24) is 15.6 Å². The van der Waals surface area contributed by atoms with Crippen LogP contribution in [-0.4, -0.2) is 30.1 Å². The average molecular weight is 349 g/mol. The largest absolute Gasteiger partial charge is 0.334 e. The lowest BCUT2D eigenvalue weighted by atomic mass is 10.1. The number of aromatic nitrogens is 1. The molecule has 5 nitrogen and oxygen atoms in total. The van der Waals surface area contributed by atoms with Crippen molar-refractivity contribution in [3.63, 3.8) is 0 Å². The molecule has 2 aromatic rings. The summed E-state index contributed by atoms with van der Waals surface area (Å²) in [5.74, 6) is 0.440. The second kappa shape index (κ2) is 5.99. The van der Waals surface area contributed by atoms with Crippen molar-refractivity contribution < 1.29 is 4.79 Å². The van der Waals surface area contributed by atoms with Gasteiger partial charge in [0.25, 0.3) is 0 Å². The Balaban J connectivity index is 1.78. The zero-order chi connectivity index (χ0) is 14.8. The number of anilines is 1. The molecule has 2 amide bonds. The number of hydrogen-bond donors (Lipinski definition) is 3. The summed E-state index contributed by atoms with van der Waals surface area (Å²) in [5.41, 5.74) is 1.49. The number of nitrogens with zero attached hydrogens (tertiary/aromatic N) is 1. The molecule has 110 valence electrons. The molecule has 0 spiro atoms. The van der Waals surface area contributed by atoms with Crippen LogP contribution in [0.25, 0.3) is 10.9 Å². The number of urea groups is 1. The maximum Gasteiger partial charge on any atom is 0.319 e. The first-order valence-electron chi connectivity index (χ1n) is 6.96. The van der Waals surface area contributed by atoms with Gasteiger partial charge in [-0.15, -0.1) is 0 Å². The molecule has 0 saturated carbocycles. The Labute approximate surface area is 131 Å². The van der Waals surface area contributed by atoms with Gasteiger partial charge in [-0.1, -0.05) is 35.0 Å². The summed E-state index contributed by atoms with van der Waals surface area (Å²) in [6.45, 7) is 3.88. The van der Waals surface area contributed by atoms with Gasteiger partial charge < -0.3 is 16.0 Å². The highest BCUT2D eigenvalue weighted by Gasteiger charge is 2.24. The summed E-state index contributed by atoms with van der Waals surface area (Å²) >= 11 is 3.50. The lowest BCUT2D eigenvalue weighted by molar-refractivity contribution is 0.247. The molecule has 1 aliphatic heterocycles. The number of hydrogen-bond acceptors (Lipinski definition) is 3. The standard InChI is InChI=1S/C15H17BrN4O/c1-9-7-17-8-13(9)20-15(21)19-12-4-2-3-10-11(16)5-6-18-14(10)12/h2-6,9,13,17H,7-8H2,1H3,(H2,19,20,21)/t9-,13-/m1/s1. The van der Waals surface area contributed by atoms with Crippen molar-refractivity contribution in [2.75, 3.05) is 18.4 Å². The van der Waals surface area contributed by atoms with E-state index in [9.17, 15) is 4.79 Å². The number of carbonyl (C=O) groups is 1. The molecule has 0 radical (unpaired) electrons. The van der Waals surface area contributed by atoms with E-state index in [2.05, 4.69) is 43.8 Å². The van der Waals surface area contributed by atoms with Crippen molar-refractivity contribution in [3.05, 3.63) is 34.9 Å². The van der Waals surface area contributed by atoms with Crippen LogP contribution in [0.4, 0.5) is 10.5 Å². The molecule has 3 rings (SSSR count). The average Bonchev–Trinajstić information content (AvgIpc) is 2.85. The van der Waals surface area contributed by atoms with Gasteiger partial charge in [0.05, 0.1) is 11.2 Å². The fourth-order valence-corrected chi connectivity index (χ4v) is 3.01. The molecule has 1 aromatic carbocycles. The van der Waals surface area contributed by atoms with E-state index in [0.29, 0.717) is 11.6 Å². The van der Waals surface area contributed by atoms with Gasteiger partial charge in [0.1, 0.15) is 0 Å². The van der Waals surface area contributed by atoms with Gasteiger partial charge in [-0.3, -0.25) is 4.98 Å². The Kier molecular flexibility index (Phi) is 4.07. The van der Waals surface area contributed by atoms with Crippen LogP contribution >= 0.6 is 15.9 Å². The molecule has 1 aromatic heterocycles. The van der Waals surface area contributed by atoms with Crippen LogP contribution in [-0.2, 0) is 0 Å². The molecular formula is C15H17BrN4O. The first-order valence-corrected chi connectivity index (χ1v) is 7.76. The summed E-state index contributed by atoms with van der Waals surface area (Å²) in [7, 11) is 0. The smallest absolute Gasteiger partial charge is 0.319 e. The highest BCUT2D eigenvalue weighted by Crippen LogP contribution is 2.27. The summed E-state index contributed by atoms with van der Waals surface area (Å²) in [5, 5.41) is 10.1. The van der Waals surface area contributed by atoms with E-state index in [1.54, 1.807) is 6.20 Å². The minimum absolute atomic E-state index is 0.166. The third kappa shape index (κ3) is 3.01. The third-order valence-electron chi connectivity index (χ3n) is 3.80. The molecule has 3 N–H and O–H groups in total. The third-order valence-corrected chi connectivity index (χ3v) is 4.49. The number of carbonyl (C=O) groups excluding carboxylic acids is 1. The van der Waals surface area contributed by atoms with Gasteiger partial charge in [-0.25, -0.2) is 4.79 Å². The predicted octanol–water partition coefficient (Wildman–Crippen LogP) is 2.73. The van der Waals surface area contributed by atoms with Crippen LogP contribution in [0.1, 0.15) is 6.92 Å². The number of benzene rings is 1. The van der Waals surface area contributed by atoms with E-state index >= 15 is 0 Å². The van der Waals surface area contributed by atoms with Crippen molar-refractivity contribution >= 4 is 38.6 Å². The normalized spacial score (nSPS) is 21.4. The molecule has 1 aliphatic rings. The van der Waals surface area contributed by atoms with Crippen molar-refractivity contribution in [2.24, 2.45) is 5.92 Å². The van der Waals surface area contributed by atoms with Crippen LogP contribution in [0.2, 0.25) is 0 Å². The molecule has 1 saturated heterocycles. The second-order valence-electron chi connectivity index (χ2n) is 5.34. The van der Waals surface area contributed by atoms with E-state index in [4.69, 9.17) is 0 Å². The summed E-state index contributed by atoms with van der Waals surface area (Å²) in [4.78, 5) is 16.5. The molecular weight excluding hydrogens is 332 g/mol. The predicted molar refractivity (Wildman–Crippen MR) is 87.4 cm³/mol. The number of pyridine rings is 1. The van der Waals surface area contributed by atoms with Crippen LogP contribution in [0.15, 0.2) is 34.9 Å². The number of amides is 2. The van der Waals surface area contributed by atoms with Crippen LogP contribution < -0.4 is 16.0 Å². The van der Waals surface area contributed by atoms with Gasteiger partial charge in [-0.05, 0) is 24.6 Å². The van der Waals surface area contributed by atoms with E-state index in [0.717, 1.165) is 28.5 Å². The molecule has 0 unspecified atom stereocenters. The minimum Gasteiger partial charge on any atom is -0.334 e. The highest BCUT2D eigenvalue weighted by molar-refractivity contribution is 9.10.